The SMILES string of the molecule is COc1ccc(C(OC[C@H]2O[C@@H](n3cc(C)c(=O)[nH]c3=O)C[C@@H]2OS(=O)(=O)CC[C@H]2O[C@@H](n3cc(C)c(=O)[nH]c3=O)C[C@@H]2OS(=O)(=O)CC[C@H]2O[C@@H](n3cc(C)c(=O)[nH]c3=O)C[C@@H]2O[Si](C)(C)C(C)(C)C)(c2ccccc2)c2ccccc2)cc1. The zero-order chi connectivity index (χ0) is 61.4. The second kappa shape index (κ2) is 25.0. The van der Waals surface area contributed by atoms with Gasteiger partial charge < -0.3 is 28.1 Å². The van der Waals surface area contributed by atoms with Crippen molar-refractivity contribution < 1.29 is 53.3 Å². The molecule has 0 spiro atoms. The van der Waals surface area contributed by atoms with Crippen molar-refractivity contribution in [2.75, 3.05) is 25.2 Å². The highest BCUT2D eigenvalue weighted by molar-refractivity contribution is 7.87. The number of hydrogen-bond acceptors (Lipinski definition) is 18. The van der Waals surface area contributed by atoms with Crippen LogP contribution in [0.2, 0.25) is 18.1 Å². The zero-order valence-electron chi connectivity index (χ0n) is 48.7. The summed E-state index contributed by atoms with van der Waals surface area (Å²) in [4.78, 5) is 83.6. The summed E-state index contributed by atoms with van der Waals surface area (Å²) in [6.07, 6.45) is -7.09. The standard InChI is InChI=1S/C58H72N6O18S2Si/c1-35-31-62(54(68)59-51(35)65)48-28-44(80-83(71,72)27-25-43-46(82-85(8,9)57(4,5)6)30-50(78-43)64-33-37(3)53(67)61-56(64)70)42(77-48)24-26-84(73,74)81-45-29-49(63-32-36(2)52(66)60-55(63)69)79-47(45)34-76-58(38-16-12-10-13-17-38,39-18-14-11-15-19-39)40-20-22-41(75-7)23-21-40/h10-23,31-33,42-50H,24-30,34H2,1-9H3,(H,59,65,68)(H,60,66,69)(H,61,67,70)/t42-,43-,44+,45+,46+,47-,48-,49-,50-/m1/s1. The van der Waals surface area contributed by atoms with Crippen LogP contribution in [0, 0.1) is 20.8 Å². The quantitative estimate of drug-likeness (QED) is 0.0455. The smallest absolute Gasteiger partial charge is 0.330 e. The monoisotopic (exact) mass is 1230 g/mol. The van der Waals surface area contributed by atoms with E-state index in [-0.39, 0.29) is 54.0 Å². The van der Waals surface area contributed by atoms with Gasteiger partial charge in [-0.2, -0.15) is 16.8 Å². The van der Waals surface area contributed by atoms with Gasteiger partial charge in [-0.3, -0.25) is 51.4 Å². The Bertz CT molecular complexity index is 3930. The van der Waals surface area contributed by atoms with E-state index in [1.165, 1.54) is 37.0 Å². The summed E-state index contributed by atoms with van der Waals surface area (Å²) in [7, 11) is -10.2. The van der Waals surface area contributed by atoms with Gasteiger partial charge in [0, 0.05) is 54.5 Å². The lowest BCUT2D eigenvalue weighted by Crippen LogP contribution is -2.46. The number of nitrogens with one attached hydrogen (secondary N) is 3. The lowest BCUT2D eigenvalue weighted by Gasteiger charge is -2.39. The molecule has 0 aliphatic carbocycles. The molecular formula is C58H72N6O18S2Si. The van der Waals surface area contributed by atoms with Gasteiger partial charge in [0.1, 0.15) is 48.3 Å². The Labute approximate surface area is 491 Å². The normalized spacial score (nSPS) is 23.1. The van der Waals surface area contributed by atoms with Gasteiger partial charge >= 0.3 is 17.1 Å². The van der Waals surface area contributed by atoms with Gasteiger partial charge in [0.15, 0.2) is 8.32 Å². The molecule has 6 heterocycles. The summed E-state index contributed by atoms with van der Waals surface area (Å²) >= 11 is 0. The van der Waals surface area contributed by atoms with Gasteiger partial charge in [-0.25, -0.2) is 14.4 Å². The number of ether oxygens (including phenoxy) is 5. The Morgan fingerprint density at radius 3 is 1.31 bits per heavy atom. The first-order chi connectivity index (χ1) is 40.1. The summed E-state index contributed by atoms with van der Waals surface area (Å²) in [5, 5.41) is -0.264. The Balaban J connectivity index is 0.980. The van der Waals surface area contributed by atoms with Crippen molar-refractivity contribution in [2.24, 2.45) is 0 Å². The van der Waals surface area contributed by atoms with E-state index in [1.807, 2.05) is 107 Å². The van der Waals surface area contributed by atoms with E-state index >= 15 is 0 Å². The van der Waals surface area contributed by atoms with Gasteiger partial charge in [-0.05, 0) is 80.6 Å². The van der Waals surface area contributed by atoms with Crippen molar-refractivity contribution in [3.05, 3.63) is 199 Å². The first-order valence-corrected chi connectivity index (χ1v) is 33.9. The third kappa shape index (κ3) is 14.0. The van der Waals surface area contributed by atoms with E-state index in [4.69, 9.17) is 36.5 Å². The Hall–Kier alpha value is -6.66. The van der Waals surface area contributed by atoms with Crippen LogP contribution < -0.4 is 38.5 Å². The van der Waals surface area contributed by atoms with Crippen molar-refractivity contribution in [1.29, 1.82) is 0 Å². The molecule has 0 unspecified atom stereocenters. The lowest BCUT2D eigenvalue weighted by atomic mass is 9.80. The van der Waals surface area contributed by atoms with Crippen molar-refractivity contribution in [1.82, 2.24) is 28.7 Å². The van der Waals surface area contributed by atoms with E-state index < -0.39 is 141 Å². The maximum absolute atomic E-state index is 14.5. The summed E-state index contributed by atoms with van der Waals surface area (Å²) in [6, 6.07) is 26.0. The van der Waals surface area contributed by atoms with Crippen LogP contribution >= 0.6 is 0 Å². The van der Waals surface area contributed by atoms with Crippen molar-refractivity contribution in [2.45, 2.75) is 153 Å². The van der Waals surface area contributed by atoms with Gasteiger partial charge in [0.05, 0.1) is 43.5 Å². The van der Waals surface area contributed by atoms with Crippen molar-refractivity contribution in [3.63, 3.8) is 0 Å². The molecule has 0 amide bonds. The van der Waals surface area contributed by atoms with Crippen molar-refractivity contribution in [3.8, 4) is 5.75 Å². The van der Waals surface area contributed by atoms with E-state index in [0.29, 0.717) is 22.4 Å². The molecule has 458 valence electrons. The molecule has 9 atom stereocenters. The number of H-pyrrole nitrogens is 3. The molecule has 0 radical (unpaired) electrons. The summed E-state index contributed by atoms with van der Waals surface area (Å²) in [5.41, 5.74) is -2.89. The second-order valence-corrected chi connectivity index (χ2v) is 31.5. The number of methoxy groups -OCH3 is 1. The van der Waals surface area contributed by atoms with Crippen LogP contribution in [0.4, 0.5) is 0 Å². The van der Waals surface area contributed by atoms with Crippen LogP contribution in [0.1, 0.15) is 105 Å². The minimum absolute atomic E-state index is 0.139. The van der Waals surface area contributed by atoms with Gasteiger partial charge in [0.2, 0.25) is 0 Å². The molecule has 3 aliphatic heterocycles. The third-order valence-corrected chi connectivity index (χ3v) is 23.4. The van der Waals surface area contributed by atoms with Crippen LogP contribution in [0.3, 0.4) is 0 Å². The van der Waals surface area contributed by atoms with E-state index in [1.54, 1.807) is 26.2 Å². The minimum Gasteiger partial charge on any atom is -0.497 e. The van der Waals surface area contributed by atoms with Crippen molar-refractivity contribution >= 4 is 28.6 Å². The highest BCUT2D eigenvalue weighted by Crippen LogP contribution is 2.44. The number of nitrogens with zero attached hydrogens (tertiary/aromatic N) is 3. The molecule has 24 nitrogen and oxygen atoms in total. The molecule has 9 rings (SSSR count). The van der Waals surface area contributed by atoms with E-state index in [9.17, 15) is 45.6 Å². The molecular weight excluding hydrogens is 1160 g/mol. The summed E-state index contributed by atoms with van der Waals surface area (Å²) < 4.78 is 111. The van der Waals surface area contributed by atoms with Gasteiger partial charge in [0.25, 0.3) is 36.9 Å². The van der Waals surface area contributed by atoms with Gasteiger partial charge in [-0.1, -0.05) is 93.6 Å². The highest BCUT2D eigenvalue weighted by atomic mass is 32.2. The Kier molecular flexibility index (Phi) is 18.5. The second-order valence-electron chi connectivity index (χ2n) is 23.3. The third-order valence-electron chi connectivity index (χ3n) is 16.3. The number of benzene rings is 3. The molecule has 3 aromatic carbocycles. The number of rotatable bonds is 22. The number of hydrogen-bond donors (Lipinski definition) is 3. The van der Waals surface area contributed by atoms with Crippen LogP contribution in [-0.2, 0) is 57.6 Å². The number of aromatic nitrogens is 6. The largest absolute Gasteiger partial charge is 0.497 e. The number of aromatic amines is 3. The topological polar surface area (TPSA) is 307 Å². The average Bonchev–Trinajstić information content (AvgIpc) is 1.93. The van der Waals surface area contributed by atoms with Crippen LogP contribution in [-0.4, -0.2) is 116 Å². The molecule has 0 bridgehead atoms. The number of aryl methyl sites for hydroxylation is 3. The molecule has 3 saturated heterocycles. The summed E-state index contributed by atoms with van der Waals surface area (Å²) in [5.74, 6) is -0.828. The molecule has 27 heteroatoms. The van der Waals surface area contributed by atoms with Crippen LogP contribution in [0.25, 0.3) is 0 Å². The maximum atomic E-state index is 14.5. The Morgan fingerprint density at radius 2 is 0.906 bits per heavy atom. The predicted molar refractivity (Wildman–Crippen MR) is 314 cm³/mol. The van der Waals surface area contributed by atoms with E-state index in [2.05, 4.69) is 15.0 Å². The first-order valence-electron chi connectivity index (χ1n) is 27.9. The van der Waals surface area contributed by atoms with E-state index in [0.717, 1.165) is 9.13 Å². The zero-order valence-corrected chi connectivity index (χ0v) is 51.3. The fourth-order valence-electron chi connectivity index (χ4n) is 10.7. The molecule has 0 saturated carbocycles. The molecule has 6 aromatic rings. The molecule has 3 N–H and O–H groups in total. The van der Waals surface area contributed by atoms with Crippen LogP contribution in [0.15, 0.2) is 132 Å². The molecule has 3 fully saturated rings. The predicted octanol–water partition coefficient (Wildman–Crippen LogP) is 5.04. The molecule has 85 heavy (non-hydrogen) atoms. The Morgan fingerprint density at radius 1 is 0.541 bits per heavy atom. The lowest BCUT2D eigenvalue weighted by molar-refractivity contribution is -0.0911. The summed E-state index contributed by atoms with van der Waals surface area (Å²) in [6.45, 7) is 14.4. The van der Waals surface area contributed by atoms with Crippen LogP contribution in [0.5, 0.6) is 5.75 Å². The first kappa shape index (κ1) is 62.9. The average molecular weight is 1230 g/mol. The fraction of sp³-hybridized carbons (Fsp3) is 0.483. The minimum atomic E-state index is -4.66. The maximum Gasteiger partial charge on any atom is 0.330 e. The molecule has 3 aliphatic rings. The molecule has 3 aromatic heterocycles. The highest BCUT2D eigenvalue weighted by Gasteiger charge is 2.48. The fourth-order valence-corrected chi connectivity index (χ4v) is 14.4. The van der Waals surface area contributed by atoms with Gasteiger partial charge in [-0.15, -0.1) is 0 Å².